The first-order valence-corrected chi connectivity index (χ1v) is 8.10. The van der Waals surface area contributed by atoms with E-state index in [1.165, 1.54) is 6.26 Å². The molecule has 0 saturated carbocycles. The third-order valence-electron chi connectivity index (χ3n) is 3.41. The molecule has 0 aromatic heterocycles. The summed E-state index contributed by atoms with van der Waals surface area (Å²) in [6.07, 6.45) is 3.36. The lowest BCUT2D eigenvalue weighted by atomic mass is 9.89. The first-order valence-electron chi connectivity index (χ1n) is 6.21. The van der Waals surface area contributed by atoms with E-state index >= 15 is 0 Å². The second-order valence-corrected chi connectivity index (χ2v) is 6.79. The van der Waals surface area contributed by atoms with Crippen molar-refractivity contribution in [1.82, 2.24) is 4.90 Å². The van der Waals surface area contributed by atoms with Crippen molar-refractivity contribution >= 4 is 15.7 Å². The van der Waals surface area contributed by atoms with Gasteiger partial charge in [-0.3, -0.25) is 4.72 Å². The van der Waals surface area contributed by atoms with Crippen molar-refractivity contribution in [2.45, 2.75) is 18.8 Å². The van der Waals surface area contributed by atoms with Crippen LogP contribution in [0.15, 0.2) is 24.3 Å². The van der Waals surface area contributed by atoms with E-state index in [1.807, 2.05) is 24.3 Å². The maximum Gasteiger partial charge on any atom is 0.229 e. The Bertz CT molecular complexity index is 505. The minimum absolute atomic E-state index is 0.451. The molecule has 18 heavy (non-hydrogen) atoms. The summed E-state index contributed by atoms with van der Waals surface area (Å²) in [4.78, 5) is 2.31. The van der Waals surface area contributed by atoms with Crippen LogP contribution in [0.4, 0.5) is 5.69 Å². The van der Waals surface area contributed by atoms with Gasteiger partial charge in [-0.15, -0.1) is 0 Å². The van der Waals surface area contributed by atoms with E-state index in [-0.39, 0.29) is 0 Å². The fourth-order valence-electron chi connectivity index (χ4n) is 2.47. The van der Waals surface area contributed by atoms with Gasteiger partial charge in [0.2, 0.25) is 10.0 Å². The Morgan fingerprint density at radius 1 is 1.22 bits per heavy atom. The second kappa shape index (κ2) is 5.28. The van der Waals surface area contributed by atoms with Crippen LogP contribution >= 0.6 is 0 Å². The standard InChI is InChI=1S/C13H20N2O2S/c1-15-9-7-11(8-10-15)12-5-3-4-6-13(12)14-18(2,16)17/h3-6,11,14H,7-10H2,1-2H3. The van der Waals surface area contributed by atoms with Gasteiger partial charge in [0.1, 0.15) is 0 Å². The van der Waals surface area contributed by atoms with Crippen molar-refractivity contribution < 1.29 is 8.42 Å². The molecule has 1 N–H and O–H groups in total. The van der Waals surface area contributed by atoms with Gasteiger partial charge in [-0.05, 0) is 50.5 Å². The highest BCUT2D eigenvalue weighted by Crippen LogP contribution is 2.32. The molecule has 1 saturated heterocycles. The molecule has 100 valence electrons. The Morgan fingerprint density at radius 2 is 1.83 bits per heavy atom. The van der Waals surface area contributed by atoms with Crippen molar-refractivity contribution in [3.05, 3.63) is 29.8 Å². The van der Waals surface area contributed by atoms with Crippen LogP contribution in [0.2, 0.25) is 0 Å². The highest BCUT2D eigenvalue weighted by molar-refractivity contribution is 7.92. The van der Waals surface area contributed by atoms with Gasteiger partial charge in [0.25, 0.3) is 0 Å². The van der Waals surface area contributed by atoms with Crippen LogP contribution in [-0.4, -0.2) is 39.7 Å². The van der Waals surface area contributed by atoms with Gasteiger partial charge in [0, 0.05) is 0 Å². The van der Waals surface area contributed by atoms with E-state index < -0.39 is 10.0 Å². The van der Waals surface area contributed by atoms with E-state index in [9.17, 15) is 8.42 Å². The van der Waals surface area contributed by atoms with Gasteiger partial charge >= 0.3 is 0 Å². The summed E-state index contributed by atoms with van der Waals surface area (Å²) >= 11 is 0. The maximum absolute atomic E-state index is 11.4. The van der Waals surface area contributed by atoms with Gasteiger partial charge < -0.3 is 4.90 Å². The highest BCUT2D eigenvalue weighted by atomic mass is 32.2. The Morgan fingerprint density at radius 3 is 2.44 bits per heavy atom. The molecule has 0 radical (unpaired) electrons. The van der Waals surface area contributed by atoms with Crippen molar-refractivity contribution in [3.63, 3.8) is 0 Å². The third-order valence-corrected chi connectivity index (χ3v) is 4.01. The summed E-state index contributed by atoms with van der Waals surface area (Å²) in [7, 11) is -1.09. The quantitative estimate of drug-likeness (QED) is 0.910. The summed E-state index contributed by atoms with van der Waals surface area (Å²) in [5.74, 6) is 0.451. The van der Waals surface area contributed by atoms with Crippen LogP contribution in [0.5, 0.6) is 0 Å². The minimum atomic E-state index is -3.21. The predicted molar refractivity (Wildman–Crippen MR) is 74.4 cm³/mol. The zero-order chi connectivity index (χ0) is 13.2. The predicted octanol–water partition coefficient (Wildman–Crippen LogP) is 1.87. The summed E-state index contributed by atoms with van der Waals surface area (Å²) in [5, 5.41) is 0. The molecule has 0 unspecified atom stereocenters. The molecule has 1 aliphatic rings. The molecule has 0 bridgehead atoms. The lowest BCUT2D eigenvalue weighted by Gasteiger charge is -2.30. The maximum atomic E-state index is 11.4. The van der Waals surface area contributed by atoms with E-state index in [0.717, 1.165) is 37.2 Å². The van der Waals surface area contributed by atoms with Gasteiger partial charge in [-0.1, -0.05) is 18.2 Å². The zero-order valence-corrected chi connectivity index (χ0v) is 11.7. The summed E-state index contributed by atoms with van der Waals surface area (Å²) in [5.41, 5.74) is 1.85. The van der Waals surface area contributed by atoms with E-state index in [1.54, 1.807) is 0 Å². The van der Waals surface area contributed by atoms with Crippen LogP contribution in [0.3, 0.4) is 0 Å². The molecule has 4 nitrogen and oxygen atoms in total. The Kier molecular flexibility index (Phi) is 3.92. The van der Waals surface area contributed by atoms with E-state index in [4.69, 9.17) is 0 Å². The second-order valence-electron chi connectivity index (χ2n) is 5.04. The van der Waals surface area contributed by atoms with Crippen LogP contribution in [-0.2, 0) is 10.0 Å². The van der Waals surface area contributed by atoms with Gasteiger partial charge in [-0.25, -0.2) is 8.42 Å². The van der Waals surface area contributed by atoms with Crippen molar-refractivity contribution in [3.8, 4) is 0 Å². The molecule has 1 heterocycles. The lowest BCUT2D eigenvalue weighted by molar-refractivity contribution is 0.255. The number of likely N-dealkylation sites (tertiary alicyclic amines) is 1. The number of para-hydroxylation sites is 1. The molecule has 0 atom stereocenters. The molecular weight excluding hydrogens is 248 g/mol. The summed E-state index contributed by atoms with van der Waals surface area (Å²) < 4.78 is 25.4. The van der Waals surface area contributed by atoms with Crippen LogP contribution in [0.25, 0.3) is 0 Å². The first kappa shape index (κ1) is 13.4. The number of benzene rings is 1. The van der Waals surface area contributed by atoms with Gasteiger partial charge in [-0.2, -0.15) is 0 Å². The molecule has 1 aromatic carbocycles. The number of anilines is 1. The molecule has 0 aliphatic carbocycles. The number of rotatable bonds is 3. The smallest absolute Gasteiger partial charge is 0.229 e. The largest absolute Gasteiger partial charge is 0.306 e. The van der Waals surface area contributed by atoms with Crippen LogP contribution < -0.4 is 4.72 Å². The molecule has 5 heteroatoms. The third kappa shape index (κ3) is 3.46. The molecule has 1 aliphatic heterocycles. The number of piperidine rings is 1. The number of hydrogen-bond acceptors (Lipinski definition) is 3. The number of nitrogens with one attached hydrogen (secondary N) is 1. The van der Waals surface area contributed by atoms with Gasteiger partial charge in [0.15, 0.2) is 0 Å². The Balaban J connectivity index is 2.22. The molecular formula is C13H20N2O2S. The monoisotopic (exact) mass is 268 g/mol. The summed E-state index contributed by atoms with van der Waals surface area (Å²) in [6.45, 7) is 2.13. The number of sulfonamides is 1. The topological polar surface area (TPSA) is 49.4 Å². The van der Waals surface area contributed by atoms with Crippen LogP contribution in [0.1, 0.15) is 24.3 Å². The van der Waals surface area contributed by atoms with E-state index in [2.05, 4.69) is 16.7 Å². The Labute approximate surface area is 109 Å². The Hall–Kier alpha value is -1.07. The number of nitrogens with zero attached hydrogens (tertiary/aromatic N) is 1. The average Bonchev–Trinajstić information content (AvgIpc) is 2.29. The molecule has 0 amide bonds. The fourth-order valence-corrected chi connectivity index (χ4v) is 3.05. The average molecular weight is 268 g/mol. The van der Waals surface area contributed by atoms with Crippen molar-refractivity contribution in [2.75, 3.05) is 31.1 Å². The van der Waals surface area contributed by atoms with Crippen molar-refractivity contribution in [1.29, 1.82) is 0 Å². The molecule has 1 fully saturated rings. The first-order chi connectivity index (χ1) is 8.46. The summed E-state index contributed by atoms with van der Waals surface area (Å²) in [6, 6.07) is 7.71. The van der Waals surface area contributed by atoms with Crippen LogP contribution in [0, 0.1) is 0 Å². The normalized spacial score (nSPS) is 18.8. The number of hydrogen-bond donors (Lipinski definition) is 1. The highest BCUT2D eigenvalue weighted by Gasteiger charge is 2.21. The van der Waals surface area contributed by atoms with E-state index in [0.29, 0.717) is 5.92 Å². The SMILES string of the molecule is CN1CCC(c2ccccc2NS(C)(=O)=O)CC1. The molecule has 1 aromatic rings. The van der Waals surface area contributed by atoms with Gasteiger partial charge in [0.05, 0.1) is 11.9 Å². The fraction of sp³-hybridized carbons (Fsp3) is 0.538. The van der Waals surface area contributed by atoms with Crippen molar-refractivity contribution in [2.24, 2.45) is 0 Å². The lowest BCUT2D eigenvalue weighted by Crippen LogP contribution is -2.29. The zero-order valence-electron chi connectivity index (χ0n) is 10.9. The molecule has 0 spiro atoms. The minimum Gasteiger partial charge on any atom is -0.306 e. The molecule has 2 rings (SSSR count).